The van der Waals surface area contributed by atoms with Gasteiger partial charge in [0.25, 0.3) is 0 Å². The minimum atomic E-state index is -0.0187. The smallest absolute Gasteiger partial charge is 0.192 e. The third kappa shape index (κ3) is 3.05. The van der Waals surface area contributed by atoms with Crippen molar-refractivity contribution in [3.63, 3.8) is 0 Å². The van der Waals surface area contributed by atoms with Crippen LogP contribution in [0.4, 0.5) is 5.82 Å². The maximum Gasteiger partial charge on any atom is 0.192 e. The highest BCUT2D eigenvalue weighted by Crippen LogP contribution is 2.17. The molecule has 0 spiro atoms. The fourth-order valence-electron chi connectivity index (χ4n) is 1.62. The molecule has 0 aliphatic rings. The Labute approximate surface area is 101 Å². The second-order valence-corrected chi connectivity index (χ2v) is 4.00. The zero-order valence-corrected chi connectivity index (χ0v) is 10.5. The van der Waals surface area contributed by atoms with E-state index in [1.165, 1.54) is 6.20 Å². The number of oxime groups is 1. The van der Waals surface area contributed by atoms with Crippen LogP contribution in [0.15, 0.2) is 17.5 Å². The summed E-state index contributed by atoms with van der Waals surface area (Å²) in [6.45, 7) is 7.08. The van der Waals surface area contributed by atoms with Crippen LogP contribution in [-0.2, 0) is 0 Å². The second-order valence-electron chi connectivity index (χ2n) is 4.00. The molecule has 94 valence electrons. The number of nitrogens with zero attached hydrogens (tertiary/aromatic N) is 4. The van der Waals surface area contributed by atoms with Crippen LogP contribution in [0.25, 0.3) is 0 Å². The van der Waals surface area contributed by atoms with Crippen LogP contribution in [0.2, 0.25) is 0 Å². The topological polar surface area (TPSA) is 87.6 Å². The van der Waals surface area contributed by atoms with Crippen LogP contribution in [0.5, 0.6) is 0 Å². The van der Waals surface area contributed by atoms with Crippen LogP contribution in [0, 0.1) is 0 Å². The summed E-state index contributed by atoms with van der Waals surface area (Å²) in [7, 11) is 0. The molecule has 1 aromatic heterocycles. The lowest BCUT2D eigenvalue weighted by Gasteiger charge is -2.28. The molecule has 0 atom stereocenters. The van der Waals surface area contributed by atoms with Gasteiger partial charge in [-0.2, -0.15) is 0 Å². The quantitative estimate of drug-likeness (QED) is 0.347. The number of nitrogens with two attached hydrogens (primary N) is 1. The number of aromatic nitrogens is 2. The molecule has 0 aromatic carbocycles. The third-order valence-electron chi connectivity index (χ3n) is 2.39. The van der Waals surface area contributed by atoms with E-state index in [9.17, 15) is 0 Å². The average Bonchev–Trinajstić information content (AvgIpc) is 2.34. The van der Waals surface area contributed by atoms with Crippen molar-refractivity contribution in [3.8, 4) is 0 Å². The fourth-order valence-corrected chi connectivity index (χ4v) is 1.62. The van der Waals surface area contributed by atoms with Crippen LogP contribution < -0.4 is 10.6 Å². The maximum absolute atomic E-state index is 8.74. The Hall–Kier alpha value is -1.85. The monoisotopic (exact) mass is 237 g/mol. The van der Waals surface area contributed by atoms with E-state index in [2.05, 4.69) is 40.8 Å². The van der Waals surface area contributed by atoms with Crippen molar-refractivity contribution in [2.24, 2.45) is 10.9 Å². The van der Waals surface area contributed by atoms with Crippen molar-refractivity contribution >= 4 is 11.7 Å². The number of hydrogen-bond donors (Lipinski definition) is 2. The molecule has 0 amide bonds. The molecule has 3 N–H and O–H groups in total. The molecule has 0 radical (unpaired) electrons. The van der Waals surface area contributed by atoms with Gasteiger partial charge in [0.1, 0.15) is 0 Å². The lowest BCUT2D eigenvalue weighted by atomic mass is 10.2. The third-order valence-corrected chi connectivity index (χ3v) is 2.39. The van der Waals surface area contributed by atoms with Crippen molar-refractivity contribution in [2.45, 2.75) is 33.2 Å². The van der Waals surface area contributed by atoms with Crippen molar-refractivity contribution in [2.75, 3.05) is 11.4 Å². The zero-order chi connectivity index (χ0) is 12.8. The first-order chi connectivity index (χ1) is 8.11. The van der Waals surface area contributed by atoms with Crippen LogP contribution in [-0.4, -0.2) is 33.6 Å². The molecule has 0 unspecified atom stereocenters. The second kappa shape index (κ2) is 6.03. The highest BCUT2D eigenvalue weighted by atomic mass is 16.4. The molecule has 1 aromatic rings. The summed E-state index contributed by atoms with van der Waals surface area (Å²) in [5.74, 6) is 0.634. The zero-order valence-electron chi connectivity index (χ0n) is 10.5. The molecule has 17 heavy (non-hydrogen) atoms. The predicted molar refractivity (Wildman–Crippen MR) is 67.3 cm³/mol. The fraction of sp³-hybridized carbons (Fsp3) is 0.545. The van der Waals surface area contributed by atoms with E-state index in [4.69, 9.17) is 10.9 Å². The molecule has 0 fully saturated rings. The Morgan fingerprint density at radius 1 is 1.47 bits per heavy atom. The minimum Gasteiger partial charge on any atom is -0.409 e. The SMILES string of the molecule is CCCN(c1nccnc1C(N)=NO)C(C)C. The van der Waals surface area contributed by atoms with E-state index in [0.717, 1.165) is 13.0 Å². The van der Waals surface area contributed by atoms with Gasteiger partial charge in [-0.3, -0.25) is 0 Å². The Bertz CT molecular complexity index is 391. The van der Waals surface area contributed by atoms with Crippen molar-refractivity contribution < 1.29 is 5.21 Å². The van der Waals surface area contributed by atoms with Crippen LogP contribution in [0.1, 0.15) is 32.9 Å². The number of anilines is 1. The number of amidine groups is 1. The lowest BCUT2D eigenvalue weighted by Crippen LogP contribution is -2.34. The van der Waals surface area contributed by atoms with Gasteiger partial charge in [0.05, 0.1) is 0 Å². The Kier molecular flexibility index (Phi) is 4.68. The first kappa shape index (κ1) is 13.2. The molecule has 0 saturated heterocycles. The van der Waals surface area contributed by atoms with Gasteiger partial charge in [0, 0.05) is 25.0 Å². The lowest BCUT2D eigenvalue weighted by molar-refractivity contribution is 0.318. The number of rotatable bonds is 5. The molecule has 0 aliphatic heterocycles. The van der Waals surface area contributed by atoms with Gasteiger partial charge in [-0.05, 0) is 20.3 Å². The van der Waals surface area contributed by atoms with Crippen molar-refractivity contribution in [3.05, 3.63) is 18.1 Å². The predicted octanol–water partition coefficient (Wildman–Crippen LogP) is 1.20. The van der Waals surface area contributed by atoms with Gasteiger partial charge in [-0.1, -0.05) is 12.1 Å². The van der Waals surface area contributed by atoms with Gasteiger partial charge < -0.3 is 15.8 Å². The summed E-state index contributed by atoms with van der Waals surface area (Å²) >= 11 is 0. The summed E-state index contributed by atoms with van der Waals surface area (Å²) in [4.78, 5) is 10.5. The van der Waals surface area contributed by atoms with E-state index < -0.39 is 0 Å². The van der Waals surface area contributed by atoms with Crippen LogP contribution >= 0.6 is 0 Å². The molecule has 0 aliphatic carbocycles. The minimum absolute atomic E-state index is 0.0187. The first-order valence-electron chi connectivity index (χ1n) is 5.67. The van der Waals surface area contributed by atoms with E-state index >= 15 is 0 Å². The highest BCUT2D eigenvalue weighted by Gasteiger charge is 2.18. The Morgan fingerprint density at radius 3 is 2.65 bits per heavy atom. The number of hydrogen-bond acceptors (Lipinski definition) is 5. The van der Waals surface area contributed by atoms with Crippen LogP contribution in [0.3, 0.4) is 0 Å². The average molecular weight is 237 g/mol. The molecular formula is C11H19N5O. The van der Waals surface area contributed by atoms with Gasteiger partial charge in [-0.15, -0.1) is 0 Å². The summed E-state index contributed by atoms with van der Waals surface area (Å²) in [5.41, 5.74) is 6.01. The molecule has 1 heterocycles. The summed E-state index contributed by atoms with van der Waals surface area (Å²) in [5, 5.41) is 11.7. The highest BCUT2D eigenvalue weighted by molar-refractivity contribution is 5.99. The van der Waals surface area contributed by atoms with Crippen molar-refractivity contribution in [1.82, 2.24) is 9.97 Å². The molecular weight excluding hydrogens is 218 g/mol. The van der Waals surface area contributed by atoms with Gasteiger partial charge >= 0.3 is 0 Å². The van der Waals surface area contributed by atoms with Gasteiger partial charge in [-0.25, -0.2) is 9.97 Å². The molecule has 6 nitrogen and oxygen atoms in total. The molecule has 6 heteroatoms. The largest absolute Gasteiger partial charge is 0.409 e. The normalized spacial score (nSPS) is 11.9. The summed E-state index contributed by atoms with van der Waals surface area (Å²) in [6, 6.07) is 0.275. The van der Waals surface area contributed by atoms with E-state index in [0.29, 0.717) is 11.5 Å². The standard InChI is InChI=1S/C11H19N5O/c1-4-7-16(8(2)3)11-9(10(12)15-17)13-5-6-14-11/h5-6,8,17H,4,7H2,1-3H3,(H2,12,15). The summed E-state index contributed by atoms with van der Waals surface area (Å²) in [6.07, 6.45) is 4.13. The Morgan fingerprint density at radius 2 is 2.12 bits per heavy atom. The van der Waals surface area contributed by atoms with E-state index in [-0.39, 0.29) is 11.9 Å². The van der Waals surface area contributed by atoms with E-state index in [1.54, 1.807) is 6.20 Å². The maximum atomic E-state index is 8.74. The van der Waals surface area contributed by atoms with Gasteiger partial charge in [0.15, 0.2) is 17.3 Å². The van der Waals surface area contributed by atoms with Gasteiger partial charge in [0.2, 0.25) is 0 Å². The first-order valence-corrected chi connectivity index (χ1v) is 5.67. The van der Waals surface area contributed by atoms with E-state index in [1.807, 2.05) is 0 Å². The van der Waals surface area contributed by atoms with Crippen molar-refractivity contribution in [1.29, 1.82) is 0 Å². The molecule has 0 bridgehead atoms. The summed E-state index contributed by atoms with van der Waals surface area (Å²) < 4.78 is 0. The Balaban J connectivity index is 3.18. The molecule has 0 saturated carbocycles. The molecule has 1 rings (SSSR count).